The van der Waals surface area contributed by atoms with E-state index in [1.54, 1.807) is 24.5 Å². The van der Waals surface area contributed by atoms with Crippen LogP contribution in [0.5, 0.6) is 0 Å². The molecule has 0 radical (unpaired) electrons. The molecule has 5 heteroatoms. The number of hydrogen-bond acceptors (Lipinski definition) is 3. The molecule has 0 aliphatic carbocycles. The van der Waals surface area contributed by atoms with E-state index in [-0.39, 0.29) is 5.82 Å². The number of nitrogen functional groups attached to an aromatic ring is 1. The fourth-order valence-corrected chi connectivity index (χ4v) is 2.01. The Labute approximate surface area is 109 Å². The molecule has 0 saturated carbocycles. The standard InChI is InChI=1S/C14H11FN4/c15-11-5-1-3-9(7-11)13-12(14(16)19-18-13)10-4-2-6-17-8-10/h1-8H,(H3,16,18,19). The Morgan fingerprint density at radius 3 is 2.68 bits per heavy atom. The number of halogens is 1. The Morgan fingerprint density at radius 2 is 1.95 bits per heavy atom. The Kier molecular flexibility index (Phi) is 2.72. The summed E-state index contributed by atoms with van der Waals surface area (Å²) < 4.78 is 13.3. The summed E-state index contributed by atoms with van der Waals surface area (Å²) in [6.07, 6.45) is 3.38. The lowest BCUT2D eigenvalue weighted by Crippen LogP contribution is -1.89. The van der Waals surface area contributed by atoms with Gasteiger partial charge in [-0.1, -0.05) is 18.2 Å². The third-order valence-corrected chi connectivity index (χ3v) is 2.86. The molecule has 3 rings (SSSR count). The molecule has 0 spiro atoms. The van der Waals surface area contributed by atoms with Gasteiger partial charge in [0.25, 0.3) is 0 Å². The van der Waals surface area contributed by atoms with Crippen molar-refractivity contribution in [3.05, 3.63) is 54.6 Å². The summed E-state index contributed by atoms with van der Waals surface area (Å²) >= 11 is 0. The molecule has 1 aromatic carbocycles. The number of nitrogens with one attached hydrogen (secondary N) is 1. The molecule has 19 heavy (non-hydrogen) atoms. The van der Waals surface area contributed by atoms with Gasteiger partial charge in [0.05, 0.1) is 11.3 Å². The Morgan fingerprint density at radius 1 is 1.11 bits per heavy atom. The highest BCUT2D eigenvalue weighted by Gasteiger charge is 2.14. The molecule has 0 amide bonds. The van der Waals surface area contributed by atoms with Crippen molar-refractivity contribution in [3.8, 4) is 22.4 Å². The van der Waals surface area contributed by atoms with E-state index < -0.39 is 0 Å². The van der Waals surface area contributed by atoms with Gasteiger partial charge in [-0.05, 0) is 18.2 Å². The average molecular weight is 254 g/mol. The van der Waals surface area contributed by atoms with Gasteiger partial charge in [0.15, 0.2) is 5.82 Å². The maximum Gasteiger partial charge on any atom is 0.153 e. The first-order valence-corrected chi connectivity index (χ1v) is 5.76. The van der Waals surface area contributed by atoms with Crippen LogP contribution in [0, 0.1) is 5.82 Å². The molecule has 3 N–H and O–H groups in total. The van der Waals surface area contributed by atoms with Gasteiger partial charge < -0.3 is 5.73 Å². The van der Waals surface area contributed by atoms with Gasteiger partial charge in [-0.15, -0.1) is 0 Å². The number of aromatic amines is 1. The van der Waals surface area contributed by atoms with Gasteiger partial charge in [-0.3, -0.25) is 10.1 Å². The van der Waals surface area contributed by atoms with Crippen LogP contribution in [-0.4, -0.2) is 15.2 Å². The van der Waals surface area contributed by atoms with Gasteiger partial charge in [-0.2, -0.15) is 5.10 Å². The van der Waals surface area contributed by atoms with Crippen LogP contribution in [0.4, 0.5) is 10.2 Å². The molecule has 0 bridgehead atoms. The van der Waals surface area contributed by atoms with Crippen LogP contribution in [-0.2, 0) is 0 Å². The van der Waals surface area contributed by atoms with Gasteiger partial charge in [-0.25, -0.2) is 4.39 Å². The molecule has 0 saturated heterocycles. The first-order valence-electron chi connectivity index (χ1n) is 5.76. The van der Waals surface area contributed by atoms with Gasteiger partial charge in [0.1, 0.15) is 5.82 Å². The quantitative estimate of drug-likeness (QED) is 0.738. The summed E-state index contributed by atoms with van der Waals surface area (Å²) in [6.45, 7) is 0. The summed E-state index contributed by atoms with van der Waals surface area (Å²) in [5, 5.41) is 6.85. The zero-order chi connectivity index (χ0) is 13.2. The fraction of sp³-hybridized carbons (Fsp3) is 0. The lowest BCUT2D eigenvalue weighted by Gasteiger charge is -2.04. The largest absolute Gasteiger partial charge is 0.382 e. The maximum absolute atomic E-state index is 13.3. The molecule has 4 nitrogen and oxygen atoms in total. The number of benzene rings is 1. The molecule has 0 atom stereocenters. The van der Waals surface area contributed by atoms with Crippen molar-refractivity contribution in [3.63, 3.8) is 0 Å². The minimum atomic E-state index is -0.303. The van der Waals surface area contributed by atoms with Crippen molar-refractivity contribution < 1.29 is 4.39 Å². The summed E-state index contributed by atoms with van der Waals surface area (Å²) in [7, 11) is 0. The van der Waals surface area contributed by atoms with Gasteiger partial charge in [0.2, 0.25) is 0 Å². The van der Waals surface area contributed by atoms with E-state index in [9.17, 15) is 4.39 Å². The van der Waals surface area contributed by atoms with E-state index in [0.29, 0.717) is 17.1 Å². The highest BCUT2D eigenvalue weighted by molar-refractivity contribution is 5.87. The highest BCUT2D eigenvalue weighted by Crippen LogP contribution is 2.34. The zero-order valence-electron chi connectivity index (χ0n) is 9.97. The molecule has 0 fully saturated rings. The van der Waals surface area contributed by atoms with Crippen LogP contribution >= 0.6 is 0 Å². The summed E-state index contributed by atoms with van der Waals surface area (Å²) in [4.78, 5) is 4.06. The minimum absolute atomic E-state index is 0.303. The zero-order valence-corrected chi connectivity index (χ0v) is 9.97. The molecule has 0 aliphatic heterocycles. The van der Waals surface area contributed by atoms with E-state index in [1.165, 1.54) is 12.1 Å². The molecule has 94 valence electrons. The molecule has 0 aliphatic rings. The number of nitrogens with zero attached hydrogens (tertiary/aromatic N) is 2. The monoisotopic (exact) mass is 254 g/mol. The highest BCUT2D eigenvalue weighted by atomic mass is 19.1. The van der Waals surface area contributed by atoms with E-state index in [2.05, 4.69) is 15.2 Å². The molecule has 0 unspecified atom stereocenters. The predicted octanol–water partition coefficient (Wildman–Crippen LogP) is 2.86. The van der Waals surface area contributed by atoms with E-state index in [0.717, 1.165) is 11.1 Å². The van der Waals surface area contributed by atoms with Crippen molar-refractivity contribution in [1.82, 2.24) is 15.2 Å². The van der Waals surface area contributed by atoms with E-state index in [4.69, 9.17) is 5.73 Å². The molecular formula is C14H11FN4. The van der Waals surface area contributed by atoms with Crippen molar-refractivity contribution >= 4 is 5.82 Å². The van der Waals surface area contributed by atoms with Crippen LogP contribution in [0.2, 0.25) is 0 Å². The lowest BCUT2D eigenvalue weighted by atomic mass is 10.0. The Bertz CT molecular complexity index is 706. The predicted molar refractivity (Wildman–Crippen MR) is 71.6 cm³/mol. The van der Waals surface area contributed by atoms with Crippen molar-refractivity contribution in [2.24, 2.45) is 0 Å². The Hall–Kier alpha value is -2.69. The van der Waals surface area contributed by atoms with Crippen molar-refractivity contribution in [1.29, 1.82) is 0 Å². The minimum Gasteiger partial charge on any atom is -0.382 e. The molecule has 3 aromatic rings. The fourth-order valence-electron chi connectivity index (χ4n) is 2.01. The summed E-state index contributed by atoms with van der Waals surface area (Å²) in [5.74, 6) is 0.0649. The number of H-pyrrole nitrogens is 1. The van der Waals surface area contributed by atoms with E-state index in [1.807, 2.05) is 12.1 Å². The van der Waals surface area contributed by atoms with Crippen molar-refractivity contribution in [2.75, 3.05) is 5.73 Å². The van der Waals surface area contributed by atoms with Gasteiger partial charge in [0, 0.05) is 23.5 Å². The summed E-state index contributed by atoms with van der Waals surface area (Å²) in [5.41, 5.74) is 8.84. The maximum atomic E-state index is 13.3. The second kappa shape index (κ2) is 4.53. The second-order valence-electron chi connectivity index (χ2n) is 4.11. The molecule has 2 heterocycles. The smallest absolute Gasteiger partial charge is 0.153 e. The average Bonchev–Trinajstić information content (AvgIpc) is 2.82. The molecule has 2 aromatic heterocycles. The number of rotatable bonds is 2. The lowest BCUT2D eigenvalue weighted by molar-refractivity contribution is 0.628. The normalized spacial score (nSPS) is 10.6. The SMILES string of the molecule is Nc1n[nH]c(-c2cccc(F)c2)c1-c1cccnc1. The number of pyridine rings is 1. The second-order valence-corrected chi connectivity index (χ2v) is 4.11. The summed E-state index contributed by atoms with van der Waals surface area (Å²) in [6, 6.07) is 9.98. The van der Waals surface area contributed by atoms with E-state index >= 15 is 0 Å². The molecular weight excluding hydrogens is 243 g/mol. The number of anilines is 1. The van der Waals surface area contributed by atoms with Crippen LogP contribution in [0.25, 0.3) is 22.4 Å². The van der Waals surface area contributed by atoms with Crippen LogP contribution in [0.1, 0.15) is 0 Å². The van der Waals surface area contributed by atoms with Gasteiger partial charge >= 0.3 is 0 Å². The third-order valence-electron chi connectivity index (χ3n) is 2.86. The number of nitrogens with two attached hydrogens (primary N) is 1. The first kappa shape index (κ1) is 11.4. The Balaban J connectivity index is 2.19. The van der Waals surface area contributed by atoms with Crippen molar-refractivity contribution in [2.45, 2.75) is 0 Å². The van der Waals surface area contributed by atoms with Crippen LogP contribution in [0.3, 0.4) is 0 Å². The number of hydrogen-bond donors (Lipinski definition) is 2. The van der Waals surface area contributed by atoms with Crippen LogP contribution in [0.15, 0.2) is 48.8 Å². The topological polar surface area (TPSA) is 67.6 Å². The number of aromatic nitrogens is 3. The third kappa shape index (κ3) is 2.06. The first-order chi connectivity index (χ1) is 9.25. The van der Waals surface area contributed by atoms with Crippen LogP contribution < -0.4 is 5.73 Å².